The minimum Gasteiger partial charge on any atom is -0.468 e. The third-order valence-corrected chi connectivity index (χ3v) is 5.49. The summed E-state index contributed by atoms with van der Waals surface area (Å²) in [6.45, 7) is 2.23. The van der Waals surface area contributed by atoms with Crippen molar-refractivity contribution in [1.82, 2.24) is 0 Å². The molecule has 0 heterocycles. The summed E-state index contributed by atoms with van der Waals surface area (Å²) in [5, 5.41) is 0. The third kappa shape index (κ3) is 12.7. The molecule has 0 fully saturated rings. The number of esters is 1. The Morgan fingerprint density at radius 2 is 1.26 bits per heavy atom. The summed E-state index contributed by atoms with van der Waals surface area (Å²) in [4.78, 5) is 29.7. The lowest BCUT2D eigenvalue weighted by Gasteiger charge is -2.15. The number of ether oxygens (including phenoxy) is 1. The van der Waals surface area contributed by atoms with E-state index in [2.05, 4.69) is 11.7 Å². The maximum atomic E-state index is 11.4. The number of carbonyl (C=O) groups excluding carboxylic acids is 1. The topological polar surface area (TPSA) is 83.8 Å². The summed E-state index contributed by atoms with van der Waals surface area (Å²) >= 11 is 0. The fourth-order valence-electron chi connectivity index (χ4n) is 2.74. The number of unbranched alkanes of at least 4 members (excludes halogenated alkanes) is 11. The molecule has 0 rings (SSSR count). The normalized spacial score (nSPS) is 13.0. The highest BCUT2D eigenvalue weighted by Crippen LogP contribution is 2.44. The van der Waals surface area contributed by atoms with Crippen molar-refractivity contribution in [3.8, 4) is 0 Å². The molecule has 2 N–H and O–H groups in total. The summed E-state index contributed by atoms with van der Waals surface area (Å²) in [6.07, 6.45) is 14.5. The molecule has 0 bridgehead atoms. The molecule has 0 spiro atoms. The summed E-state index contributed by atoms with van der Waals surface area (Å²) in [6, 6.07) is 0. The largest absolute Gasteiger partial charge is 0.468 e. The van der Waals surface area contributed by atoms with Gasteiger partial charge in [0, 0.05) is 0 Å². The first kappa shape index (κ1) is 22.6. The van der Waals surface area contributed by atoms with Gasteiger partial charge in [-0.3, -0.25) is 9.36 Å². The van der Waals surface area contributed by atoms with Gasteiger partial charge in [0.05, 0.1) is 7.11 Å². The third-order valence-electron chi connectivity index (χ3n) is 4.21. The molecule has 1 unspecified atom stereocenters. The quantitative estimate of drug-likeness (QED) is 0.252. The maximum absolute atomic E-state index is 11.4. The highest BCUT2D eigenvalue weighted by Gasteiger charge is 2.35. The van der Waals surface area contributed by atoms with E-state index in [1.165, 1.54) is 51.4 Å². The average molecular weight is 350 g/mol. The fourth-order valence-corrected chi connectivity index (χ4v) is 3.64. The van der Waals surface area contributed by atoms with Crippen molar-refractivity contribution < 1.29 is 23.9 Å². The molecular weight excluding hydrogens is 315 g/mol. The Kier molecular flexibility index (Phi) is 13.8. The minimum absolute atomic E-state index is 0.203. The van der Waals surface area contributed by atoms with Gasteiger partial charge < -0.3 is 14.5 Å². The second-order valence-corrected chi connectivity index (χ2v) is 8.11. The van der Waals surface area contributed by atoms with E-state index < -0.39 is 19.2 Å². The van der Waals surface area contributed by atoms with E-state index >= 15 is 0 Å². The van der Waals surface area contributed by atoms with Crippen molar-refractivity contribution in [3.63, 3.8) is 0 Å². The van der Waals surface area contributed by atoms with E-state index in [9.17, 15) is 9.36 Å². The lowest BCUT2D eigenvalue weighted by atomic mass is 10.0. The molecule has 0 aliphatic rings. The fraction of sp³-hybridized carbons (Fsp3) is 0.941. The summed E-state index contributed by atoms with van der Waals surface area (Å²) < 4.78 is 15.7. The van der Waals surface area contributed by atoms with Crippen LogP contribution in [0.5, 0.6) is 0 Å². The van der Waals surface area contributed by atoms with Crippen molar-refractivity contribution >= 4 is 13.6 Å². The molecule has 0 amide bonds. The molecule has 138 valence electrons. The lowest BCUT2D eigenvalue weighted by molar-refractivity contribution is -0.140. The average Bonchev–Trinajstić information content (AvgIpc) is 2.50. The Hall–Kier alpha value is -0.380. The Morgan fingerprint density at radius 3 is 1.61 bits per heavy atom. The molecule has 23 heavy (non-hydrogen) atoms. The van der Waals surface area contributed by atoms with E-state index in [1.54, 1.807) is 0 Å². The van der Waals surface area contributed by atoms with Crippen molar-refractivity contribution in [2.45, 2.75) is 96.1 Å². The molecule has 0 aromatic heterocycles. The minimum atomic E-state index is -4.41. The summed E-state index contributed by atoms with van der Waals surface area (Å²) in [7, 11) is -3.25. The van der Waals surface area contributed by atoms with Gasteiger partial charge in [-0.1, -0.05) is 84.0 Å². The zero-order valence-corrected chi connectivity index (χ0v) is 15.7. The van der Waals surface area contributed by atoms with Gasteiger partial charge >= 0.3 is 13.6 Å². The maximum Gasteiger partial charge on any atom is 0.339 e. The predicted molar refractivity (Wildman–Crippen MR) is 93.5 cm³/mol. The van der Waals surface area contributed by atoms with Gasteiger partial charge in [0.2, 0.25) is 0 Å². The van der Waals surface area contributed by atoms with E-state index in [-0.39, 0.29) is 6.42 Å². The van der Waals surface area contributed by atoms with Crippen LogP contribution in [0.4, 0.5) is 0 Å². The zero-order chi connectivity index (χ0) is 17.6. The molecule has 0 aromatic carbocycles. The molecule has 0 aliphatic carbocycles. The van der Waals surface area contributed by atoms with E-state index in [0.717, 1.165) is 26.4 Å². The number of hydrogen-bond acceptors (Lipinski definition) is 3. The van der Waals surface area contributed by atoms with Crippen molar-refractivity contribution in [1.29, 1.82) is 0 Å². The SMILES string of the molecule is CCCCCCCCCCCCCCC(C(=O)OC)P(=O)(O)O. The van der Waals surface area contributed by atoms with Gasteiger partial charge in [-0.25, -0.2) is 0 Å². The van der Waals surface area contributed by atoms with Crippen LogP contribution in [0.1, 0.15) is 90.4 Å². The Labute approximate surface area is 141 Å². The smallest absolute Gasteiger partial charge is 0.339 e. The summed E-state index contributed by atoms with van der Waals surface area (Å²) in [5.74, 6) is -0.804. The molecule has 6 heteroatoms. The zero-order valence-electron chi connectivity index (χ0n) is 14.8. The van der Waals surface area contributed by atoms with Crippen LogP contribution in [0.2, 0.25) is 0 Å². The van der Waals surface area contributed by atoms with Crippen molar-refractivity contribution in [2.75, 3.05) is 7.11 Å². The highest BCUT2D eigenvalue weighted by molar-refractivity contribution is 7.53. The number of methoxy groups -OCH3 is 1. The van der Waals surface area contributed by atoms with Gasteiger partial charge in [0.15, 0.2) is 5.66 Å². The van der Waals surface area contributed by atoms with Gasteiger partial charge in [0.1, 0.15) is 0 Å². The molecule has 0 aliphatic heterocycles. The standard InChI is InChI=1S/C17H35O5P/c1-3-4-5-6-7-8-9-10-11-12-13-14-15-16(17(18)22-2)23(19,20)21/h16H,3-15H2,1-2H3,(H2,19,20,21). The molecular formula is C17H35O5P. The second kappa shape index (κ2) is 14.0. The Morgan fingerprint density at radius 1 is 0.870 bits per heavy atom. The molecule has 0 aromatic rings. The molecule has 5 nitrogen and oxygen atoms in total. The molecule has 0 saturated carbocycles. The molecule has 0 radical (unpaired) electrons. The van der Waals surface area contributed by atoms with Crippen LogP contribution in [-0.4, -0.2) is 28.5 Å². The first-order valence-electron chi connectivity index (χ1n) is 9.06. The van der Waals surface area contributed by atoms with Crippen molar-refractivity contribution in [3.05, 3.63) is 0 Å². The van der Waals surface area contributed by atoms with E-state index in [4.69, 9.17) is 9.79 Å². The van der Waals surface area contributed by atoms with Gasteiger partial charge in [-0.2, -0.15) is 0 Å². The summed E-state index contributed by atoms with van der Waals surface area (Å²) in [5.41, 5.74) is -1.30. The Balaban J connectivity index is 3.54. The van der Waals surface area contributed by atoms with Gasteiger partial charge in [-0.05, 0) is 6.42 Å². The van der Waals surface area contributed by atoms with Crippen LogP contribution in [-0.2, 0) is 14.1 Å². The van der Waals surface area contributed by atoms with E-state index in [1.807, 2.05) is 0 Å². The second-order valence-electron chi connectivity index (χ2n) is 6.31. The Bertz CT molecular complexity index is 340. The highest BCUT2D eigenvalue weighted by atomic mass is 31.2. The number of hydrogen-bond donors (Lipinski definition) is 2. The number of rotatable bonds is 15. The van der Waals surface area contributed by atoms with Crippen LogP contribution >= 0.6 is 7.60 Å². The monoisotopic (exact) mass is 350 g/mol. The number of carbonyl (C=O) groups is 1. The molecule has 0 saturated heterocycles. The molecule has 1 atom stereocenters. The first-order chi connectivity index (χ1) is 10.9. The van der Waals surface area contributed by atoms with Gasteiger partial charge in [0.25, 0.3) is 0 Å². The predicted octanol–water partition coefficient (Wildman–Crippen LogP) is 4.80. The first-order valence-corrected chi connectivity index (χ1v) is 10.7. The van der Waals surface area contributed by atoms with Crippen LogP contribution < -0.4 is 0 Å². The van der Waals surface area contributed by atoms with Crippen molar-refractivity contribution in [2.24, 2.45) is 0 Å². The van der Waals surface area contributed by atoms with Crippen LogP contribution in [0.15, 0.2) is 0 Å². The van der Waals surface area contributed by atoms with Crippen LogP contribution in [0.25, 0.3) is 0 Å². The van der Waals surface area contributed by atoms with Crippen LogP contribution in [0, 0.1) is 0 Å². The van der Waals surface area contributed by atoms with Gasteiger partial charge in [-0.15, -0.1) is 0 Å². The lowest BCUT2D eigenvalue weighted by Crippen LogP contribution is -2.22. The van der Waals surface area contributed by atoms with E-state index in [0.29, 0.717) is 6.42 Å². The van der Waals surface area contributed by atoms with Crippen LogP contribution in [0.3, 0.4) is 0 Å².